The average Bonchev–Trinajstić information content (AvgIpc) is 2.75. The summed E-state index contributed by atoms with van der Waals surface area (Å²) in [5, 5.41) is 6.87. The summed E-state index contributed by atoms with van der Waals surface area (Å²) in [5.74, 6) is -0.999. The normalized spacial score (nSPS) is 10.5. The summed E-state index contributed by atoms with van der Waals surface area (Å²) in [6.07, 6.45) is 1.64. The molecule has 0 aliphatic carbocycles. The minimum Gasteiger partial charge on any atom is -0.461 e. The molecule has 1 amide bonds. The molecule has 0 saturated heterocycles. The van der Waals surface area contributed by atoms with Crippen LogP contribution < -0.4 is 10.9 Å². The molecule has 7 heteroatoms. The molecule has 7 nitrogen and oxygen atoms in total. The Bertz CT molecular complexity index is 1120. The lowest BCUT2D eigenvalue weighted by molar-refractivity contribution is -0.116. The zero-order valence-corrected chi connectivity index (χ0v) is 17.6. The smallest absolute Gasteiger partial charge is 0.360 e. The van der Waals surface area contributed by atoms with Crippen LogP contribution in [0.15, 0.2) is 65.5 Å². The maximum atomic E-state index is 12.7. The highest BCUT2D eigenvalue weighted by Crippen LogP contribution is 2.16. The SMILES string of the molecule is CCOC(=O)c1nn(-c2ccccc2C)c(=O)cc1NC(=O)CCCc1ccccc1. The fourth-order valence-corrected chi connectivity index (χ4v) is 3.19. The third kappa shape index (κ3) is 5.66. The van der Waals surface area contributed by atoms with Gasteiger partial charge in [0.25, 0.3) is 5.56 Å². The van der Waals surface area contributed by atoms with Gasteiger partial charge in [-0.05, 0) is 43.9 Å². The van der Waals surface area contributed by atoms with Crippen molar-refractivity contribution in [1.82, 2.24) is 9.78 Å². The molecule has 0 fully saturated rings. The summed E-state index contributed by atoms with van der Waals surface area (Å²) < 4.78 is 6.23. The van der Waals surface area contributed by atoms with E-state index in [1.807, 2.05) is 49.4 Å². The van der Waals surface area contributed by atoms with E-state index >= 15 is 0 Å². The highest BCUT2D eigenvalue weighted by molar-refractivity contribution is 5.99. The first-order valence-electron chi connectivity index (χ1n) is 10.2. The largest absolute Gasteiger partial charge is 0.461 e. The second-order valence-electron chi connectivity index (χ2n) is 7.05. The molecule has 0 spiro atoms. The van der Waals surface area contributed by atoms with Crippen molar-refractivity contribution >= 4 is 17.6 Å². The maximum absolute atomic E-state index is 12.7. The summed E-state index contributed by atoms with van der Waals surface area (Å²) in [7, 11) is 0. The first-order chi connectivity index (χ1) is 15.0. The Morgan fingerprint density at radius 1 is 1.06 bits per heavy atom. The third-order valence-electron chi connectivity index (χ3n) is 4.73. The number of nitrogens with zero attached hydrogens (tertiary/aromatic N) is 2. The molecule has 0 saturated carbocycles. The van der Waals surface area contributed by atoms with Gasteiger partial charge in [-0.15, -0.1) is 0 Å². The maximum Gasteiger partial charge on any atom is 0.360 e. The number of amides is 1. The number of ether oxygens (including phenoxy) is 1. The predicted molar refractivity (Wildman–Crippen MR) is 119 cm³/mol. The van der Waals surface area contributed by atoms with Gasteiger partial charge in [0, 0.05) is 12.5 Å². The number of hydrogen-bond acceptors (Lipinski definition) is 5. The van der Waals surface area contributed by atoms with Gasteiger partial charge in [0.05, 0.1) is 18.0 Å². The Hall–Kier alpha value is -3.74. The molecule has 160 valence electrons. The minimum absolute atomic E-state index is 0.0537. The topological polar surface area (TPSA) is 90.3 Å². The van der Waals surface area contributed by atoms with Crippen molar-refractivity contribution in [2.75, 3.05) is 11.9 Å². The lowest BCUT2D eigenvalue weighted by Gasteiger charge is -2.13. The van der Waals surface area contributed by atoms with Crippen LogP contribution in [0.25, 0.3) is 5.69 Å². The van der Waals surface area contributed by atoms with Crippen LogP contribution in [0.2, 0.25) is 0 Å². The lowest BCUT2D eigenvalue weighted by Crippen LogP contribution is -2.27. The Kier molecular flexibility index (Phi) is 7.32. The molecule has 0 bridgehead atoms. The Labute approximate surface area is 180 Å². The molecule has 0 radical (unpaired) electrons. The van der Waals surface area contributed by atoms with E-state index in [1.165, 1.54) is 6.07 Å². The molecule has 1 N–H and O–H groups in total. The number of esters is 1. The van der Waals surface area contributed by atoms with Gasteiger partial charge >= 0.3 is 5.97 Å². The summed E-state index contributed by atoms with van der Waals surface area (Å²) in [6.45, 7) is 3.67. The molecule has 0 atom stereocenters. The number of nitrogens with one attached hydrogen (secondary N) is 1. The first-order valence-corrected chi connectivity index (χ1v) is 10.2. The van der Waals surface area contributed by atoms with Gasteiger partial charge in [0.1, 0.15) is 0 Å². The fourth-order valence-electron chi connectivity index (χ4n) is 3.19. The predicted octanol–water partition coefficient (Wildman–Crippen LogP) is 3.68. The van der Waals surface area contributed by atoms with E-state index in [2.05, 4.69) is 10.4 Å². The number of aryl methyl sites for hydroxylation is 2. The van der Waals surface area contributed by atoms with Crippen LogP contribution in [0, 0.1) is 6.92 Å². The number of benzene rings is 2. The number of anilines is 1. The first kappa shape index (κ1) is 22.0. The second kappa shape index (κ2) is 10.3. The van der Waals surface area contributed by atoms with Crippen molar-refractivity contribution < 1.29 is 14.3 Å². The van der Waals surface area contributed by atoms with E-state index in [9.17, 15) is 14.4 Å². The van der Waals surface area contributed by atoms with Crippen LogP contribution in [-0.2, 0) is 16.0 Å². The van der Waals surface area contributed by atoms with Gasteiger partial charge in [0.15, 0.2) is 5.69 Å². The van der Waals surface area contributed by atoms with Crippen LogP contribution in [0.4, 0.5) is 5.69 Å². The number of rotatable bonds is 8. The van der Waals surface area contributed by atoms with E-state index in [0.29, 0.717) is 12.1 Å². The van der Waals surface area contributed by atoms with Gasteiger partial charge in [-0.3, -0.25) is 9.59 Å². The molecule has 3 aromatic rings. The van der Waals surface area contributed by atoms with Crippen molar-refractivity contribution in [1.29, 1.82) is 0 Å². The monoisotopic (exact) mass is 419 g/mol. The Morgan fingerprint density at radius 3 is 2.48 bits per heavy atom. The molecular formula is C24H25N3O4. The van der Waals surface area contributed by atoms with Gasteiger partial charge in [0.2, 0.25) is 5.91 Å². The number of hydrogen-bond donors (Lipinski definition) is 1. The molecule has 1 aromatic heterocycles. The number of carbonyl (C=O) groups excluding carboxylic acids is 2. The van der Waals surface area contributed by atoms with Crippen molar-refractivity contribution in [3.05, 3.63) is 87.8 Å². The van der Waals surface area contributed by atoms with Crippen molar-refractivity contribution in [2.45, 2.75) is 33.1 Å². The summed E-state index contributed by atoms with van der Waals surface area (Å²) in [5.41, 5.74) is 2.01. The van der Waals surface area contributed by atoms with Crippen LogP contribution in [0.5, 0.6) is 0 Å². The summed E-state index contributed by atoms with van der Waals surface area (Å²) in [4.78, 5) is 37.6. The highest BCUT2D eigenvalue weighted by atomic mass is 16.5. The van der Waals surface area contributed by atoms with Crippen LogP contribution in [-0.4, -0.2) is 28.3 Å². The highest BCUT2D eigenvalue weighted by Gasteiger charge is 2.20. The molecular weight excluding hydrogens is 394 g/mol. The molecule has 2 aromatic carbocycles. The molecule has 31 heavy (non-hydrogen) atoms. The Balaban J connectivity index is 1.82. The zero-order chi connectivity index (χ0) is 22.2. The van der Waals surface area contributed by atoms with Gasteiger partial charge in [-0.2, -0.15) is 9.78 Å². The third-order valence-corrected chi connectivity index (χ3v) is 4.73. The molecule has 0 aliphatic rings. The number of aromatic nitrogens is 2. The van der Waals surface area contributed by atoms with Crippen molar-refractivity contribution in [3.8, 4) is 5.69 Å². The van der Waals surface area contributed by atoms with E-state index in [0.717, 1.165) is 22.2 Å². The lowest BCUT2D eigenvalue weighted by atomic mass is 10.1. The fraction of sp³-hybridized carbons (Fsp3) is 0.250. The number of para-hydroxylation sites is 1. The quantitative estimate of drug-likeness (QED) is 0.563. The summed E-state index contributed by atoms with van der Waals surface area (Å²) >= 11 is 0. The van der Waals surface area contributed by atoms with E-state index in [-0.39, 0.29) is 30.3 Å². The zero-order valence-electron chi connectivity index (χ0n) is 17.6. The Morgan fingerprint density at radius 2 is 1.77 bits per heavy atom. The number of carbonyl (C=O) groups is 2. The van der Waals surface area contributed by atoms with Crippen molar-refractivity contribution in [2.24, 2.45) is 0 Å². The standard InChI is InChI=1S/C24H25N3O4/c1-3-31-24(30)23-19(25-21(28)15-9-13-18-11-5-4-6-12-18)16-22(29)27(26-23)20-14-8-7-10-17(20)2/h4-8,10-12,14,16H,3,9,13,15H2,1-2H3,(H,25,28). The molecule has 3 rings (SSSR count). The van der Waals surface area contributed by atoms with Gasteiger partial charge < -0.3 is 10.1 Å². The molecule has 0 aliphatic heterocycles. The molecule has 0 unspecified atom stereocenters. The van der Waals surface area contributed by atoms with E-state index in [1.54, 1.807) is 19.1 Å². The summed E-state index contributed by atoms with van der Waals surface area (Å²) in [6, 6.07) is 18.3. The average molecular weight is 419 g/mol. The van der Waals surface area contributed by atoms with E-state index < -0.39 is 11.5 Å². The second-order valence-corrected chi connectivity index (χ2v) is 7.05. The van der Waals surface area contributed by atoms with Crippen LogP contribution in [0.3, 0.4) is 0 Å². The van der Waals surface area contributed by atoms with Crippen LogP contribution >= 0.6 is 0 Å². The molecule has 1 heterocycles. The van der Waals surface area contributed by atoms with Gasteiger partial charge in [-0.1, -0.05) is 48.5 Å². The van der Waals surface area contributed by atoms with Crippen molar-refractivity contribution in [3.63, 3.8) is 0 Å². The van der Waals surface area contributed by atoms with Crippen LogP contribution in [0.1, 0.15) is 41.4 Å². The van der Waals surface area contributed by atoms with E-state index in [4.69, 9.17) is 4.74 Å². The minimum atomic E-state index is -0.704. The van der Waals surface area contributed by atoms with Gasteiger partial charge in [-0.25, -0.2) is 4.79 Å².